The van der Waals surface area contributed by atoms with E-state index in [0.29, 0.717) is 24.3 Å². The molecule has 3 rings (SSSR count). The van der Waals surface area contributed by atoms with Gasteiger partial charge in [0.2, 0.25) is 5.95 Å². The number of nitrogens with one attached hydrogen (secondary N) is 2. The second-order valence-electron chi connectivity index (χ2n) is 8.74. The number of anilines is 1. The monoisotopic (exact) mass is 482 g/mol. The SMILES string of the molecule is CCn1nc(C)cc1C(=O)Nc1nc2nc(C(N)=O)ccc2n1C/C=C/CNC(=O)OC(C)(C)C. The number of aryl methyl sites for hydroxylation is 2. The third kappa shape index (κ3) is 6.43. The number of carbonyl (C=O) groups excluding carboxylic acids is 3. The summed E-state index contributed by atoms with van der Waals surface area (Å²) in [6, 6.07) is 4.85. The number of amides is 3. The normalized spacial score (nSPS) is 11.7. The fraction of sp³-hybridized carbons (Fsp3) is 0.391. The van der Waals surface area contributed by atoms with Crippen LogP contribution in [0.25, 0.3) is 11.2 Å². The van der Waals surface area contributed by atoms with Gasteiger partial charge in [0.1, 0.15) is 17.0 Å². The first-order valence-corrected chi connectivity index (χ1v) is 11.1. The van der Waals surface area contributed by atoms with Gasteiger partial charge in [0, 0.05) is 19.6 Å². The number of fused-ring (bicyclic) bond motifs is 1. The van der Waals surface area contributed by atoms with E-state index in [2.05, 4.69) is 25.7 Å². The molecule has 12 nitrogen and oxygen atoms in total. The molecule has 3 aromatic rings. The van der Waals surface area contributed by atoms with Gasteiger partial charge >= 0.3 is 6.09 Å². The van der Waals surface area contributed by atoms with Crippen LogP contribution < -0.4 is 16.4 Å². The third-order valence-corrected chi connectivity index (χ3v) is 4.74. The Labute approximate surface area is 202 Å². The summed E-state index contributed by atoms with van der Waals surface area (Å²) in [6.45, 7) is 10.2. The van der Waals surface area contributed by atoms with Crippen LogP contribution in [0.2, 0.25) is 0 Å². The number of rotatable bonds is 8. The van der Waals surface area contributed by atoms with Crippen molar-refractivity contribution in [1.29, 1.82) is 0 Å². The van der Waals surface area contributed by atoms with E-state index in [9.17, 15) is 14.4 Å². The van der Waals surface area contributed by atoms with Gasteiger partial charge < -0.3 is 20.4 Å². The Morgan fingerprint density at radius 1 is 1.17 bits per heavy atom. The van der Waals surface area contributed by atoms with E-state index in [1.165, 1.54) is 6.07 Å². The van der Waals surface area contributed by atoms with Crippen molar-refractivity contribution in [2.75, 3.05) is 11.9 Å². The molecule has 0 aliphatic heterocycles. The first kappa shape index (κ1) is 25.4. The molecule has 3 heterocycles. The molecule has 0 radical (unpaired) electrons. The number of hydrogen-bond donors (Lipinski definition) is 3. The molecule has 12 heteroatoms. The Hall–Kier alpha value is -4.22. The van der Waals surface area contributed by atoms with Crippen LogP contribution in [0, 0.1) is 6.92 Å². The van der Waals surface area contributed by atoms with Gasteiger partial charge in [0.05, 0.1) is 11.2 Å². The average Bonchev–Trinajstić information content (AvgIpc) is 3.31. The van der Waals surface area contributed by atoms with Crippen molar-refractivity contribution in [2.45, 2.75) is 53.3 Å². The largest absolute Gasteiger partial charge is 0.444 e. The van der Waals surface area contributed by atoms with Crippen LogP contribution in [-0.2, 0) is 17.8 Å². The summed E-state index contributed by atoms with van der Waals surface area (Å²) >= 11 is 0. The number of imidazole rings is 1. The predicted molar refractivity (Wildman–Crippen MR) is 130 cm³/mol. The van der Waals surface area contributed by atoms with Crippen LogP contribution in [0.3, 0.4) is 0 Å². The maximum Gasteiger partial charge on any atom is 0.407 e. The molecule has 0 aliphatic rings. The molecule has 0 unspecified atom stereocenters. The summed E-state index contributed by atoms with van der Waals surface area (Å²) in [5.41, 5.74) is 6.80. The number of primary amides is 1. The first-order valence-electron chi connectivity index (χ1n) is 11.1. The fourth-order valence-corrected chi connectivity index (χ4v) is 3.28. The van der Waals surface area contributed by atoms with E-state index in [-0.39, 0.29) is 29.7 Å². The van der Waals surface area contributed by atoms with Gasteiger partial charge in [-0.3, -0.25) is 19.6 Å². The highest BCUT2D eigenvalue weighted by molar-refractivity contribution is 6.03. The second kappa shape index (κ2) is 10.4. The Morgan fingerprint density at radius 2 is 1.91 bits per heavy atom. The highest BCUT2D eigenvalue weighted by atomic mass is 16.6. The number of pyridine rings is 1. The van der Waals surface area contributed by atoms with Crippen molar-refractivity contribution in [1.82, 2.24) is 29.6 Å². The highest BCUT2D eigenvalue weighted by Gasteiger charge is 2.19. The minimum absolute atomic E-state index is 0.0665. The quantitative estimate of drug-likeness (QED) is 0.416. The lowest BCUT2D eigenvalue weighted by atomic mass is 10.2. The van der Waals surface area contributed by atoms with Gasteiger partial charge in [-0.25, -0.2) is 9.78 Å². The molecular weight excluding hydrogens is 452 g/mol. The molecule has 0 aliphatic carbocycles. The van der Waals surface area contributed by atoms with Crippen molar-refractivity contribution in [3.8, 4) is 0 Å². The van der Waals surface area contributed by atoms with Crippen LogP contribution in [0.1, 0.15) is 54.4 Å². The van der Waals surface area contributed by atoms with Crippen molar-refractivity contribution < 1.29 is 19.1 Å². The van der Waals surface area contributed by atoms with E-state index in [1.807, 2.05) is 13.8 Å². The molecule has 3 aromatic heterocycles. The number of alkyl carbamates (subject to hydrolysis) is 1. The first-order chi connectivity index (χ1) is 16.5. The summed E-state index contributed by atoms with van der Waals surface area (Å²) in [6.07, 6.45) is 3.03. The molecule has 0 bridgehead atoms. The number of aromatic nitrogens is 5. The topological polar surface area (TPSA) is 159 Å². The van der Waals surface area contributed by atoms with E-state index in [0.717, 1.165) is 5.69 Å². The fourth-order valence-electron chi connectivity index (χ4n) is 3.28. The molecule has 0 saturated carbocycles. The van der Waals surface area contributed by atoms with Crippen LogP contribution in [0.5, 0.6) is 0 Å². The lowest BCUT2D eigenvalue weighted by molar-refractivity contribution is 0.0533. The maximum atomic E-state index is 13.0. The van der Waals surface area contributed by atoms with Crippen molar-refractivity contribution in [3.63, 3.8) is 0 Å². The standard InChI is InChI=1S/C23H30N8O4/c1-6-31-17(13-14(2)29-31)20(33)28-21-27-19-16(10-9-15(26-19)18(24)32)30(21)12-8-7-11-25-22(34)35-23(3,4)5/h7-10,13H,6,11-12H2,1-5H3,(H2,24,32)(H,25,34)(H,26,27,28,33)/b8-7+. The van der Waals surface area contributed by atoms with E-state index >= 15 is 0 Å². The molecular formula is C23H30N8O4. The molecule has 186 valence electrons. The minimum atomic E-state index is -0.678. The smallest absolute Gasteiger partial charge is 0.407 e. The lowest BCUT2D eigenvalue weighted by Crippen LogP contribution is -2.32. The zero-order valence-electron chi connectivity index (χ0n) is 20.5. The summed E-state index contributed by atoms with van der Waals surface area (Å²) in [5, 5.41) is 9.76. The molecule has 0 saturated heterocycles. The number of hydrogen-bond acceptors (Lipinski definition) is 7. The summed E-state index contributed by atoms with van der Waals surface area (Å²) in [5.74, 6) is -0.817. The van der Waals surface area contributed by atoms with Gasteiger partial charge in [-0.1, -0.05) is 12.2 Å². The van der Waals surface area contributed by atoms with Gasteiger partial charge in [-0.15, -0.1) is 0 Å². The summed E-state index contributed by atoms with van der Waals surface area (Å²) < 4.78 is 8.54. The molecule has 0 aromatic carbocycles. The molecule has 0 atom stereocenters. The number of ether oxygens (including phenoxy) is 1. The van der Waals surface area contributed by atoms with Gasteiger partial charge in [0.15, 0.2) is 5.65 Å². The zero-order valence-corrected chi connectivity index (χ0v) is 20.5. The third-order valence-electron chi connectivity index (χ3n) is 4.74. The molecule has 4 N–H and O–H groups in total. The van der Waals surface area contributed by atoms with Crippen LogP contribution >= 0.6 is 0 Å². The van der Waals surface area contributed by atoms with Gasteiger partial charge in [0.25, 0.3) is 11.8 Å². The highest BCUT2D eigenvalue weighted by Crippen LogP contribution is 2.20. The molecule has 0 fully saturated rings. The van der Waals surface area contributed by atoms with Crippen molar-refractivity contribution >= 4 is 35.0 Å². The van der Waals surface area contributed by atoms with Crippen LogP contribution in [-0.4, -0.2) is 54.4 Å². The van der Waals surface area contributed by atoms with Crippen molar-refractivity contribution in [2.24, 2.45) is 5.73 Å². The molecule has 35 heavy (non-hydrogen) atoms. The predicted octanol–water partition coefficient (Wildman–Crippen LogP) is 2.39. The van der Waals surface area contributed by atoms with E-state index in [1.54, 1.807) is 54.3 Å². The summed E-state index contributed by atoms with van der Waals surface area (Å²) in [4.78, 5) is 44.9. The van der Waals surface area contributed by atoms with Crippen LogP contribution in [0.15, 0.2) is 30.4 Å². The number of carbonyl (C=O) groups is 3. The Bertz CT molecular complexity index is 1280. The Balaban J connectivity index is 1.83. The number of nitrogens with two attached hydrogens (primary N) is 1. The van der Waals surface area contributed by atoms with Gasteiger partial charge in [-0.2, -0.15) is 10.1 Å². The number of allylic oxidation sites excluding steroid dienone is 1. The molecule has 3 amide bonds. The van der Waals surface area contributed by atoms with E-state index in [4.69, 9.17) is 10.5 Å². The maximum absolute atomic E-state index is 13.0. The molecule has 0 spiro atoms. The average molecular weight is 483 g/mol. The number of nitrogens with zero attached hydrogens (tertiary/aromatic N) is 5. The zero-order chi connectivity index (χ0) is 25.8. The summed E-state index contributed by atoms with van der Waals surface area (Å²) in [7, 11) is 0. The minimum Gasteiger partial charge on any atom is -0.444 e. The van der Waals surface area contributed by atoms with Gasteiger partial charge in [-0.05, 0) is 52.8 Å². The van der Waals surface area contributed by atoms with Crippen molar-refractivity contribution in [3.05, 3.63) is 47.4 Å². The lowest BCUT2D eigenvalue weighted by Gasteiger charge is -2.19. The Morgan fingerprint density at radius 3 is 2.57 bits per heavy atom. The van der Waals surface area contributed by atoms with E-state index < -0.39 is 17.6 Å². The Kier molecular flexibility index (Phi) is 7.52. The second-order valence-corrected chi connectivity index (χ2v) is 8.74. The van der Waals surface area contributed by atoms with Crippen LogP contribution in [0.4, 0.5) is 10.7 Å².